The van der Waals surface area contributed by atoms with Crippen molar-refractivity contribution in [1.82, 2.24) is 4.98 Å². The van der Waals surface area contributed by atoms with E-state index in [9.17, 15) is 0 Å². The van der Waals surface area contributed by atoms with Crippen LogP contribution in [0.3, 0.4) is 0 Å². The molecule has 0 spiro atoms. The molecule has 1 aromatic carbocycles. The van der Waals surface area contributed by atoms with Crippen LogP contribution in [0, 0.1) is 0 Å². The van der Waals surface area contributed by atoms with Gasteiger partial charge in [0, 0.05) is 16.2 Å². The molecule has 24 heavy (non-hydrogen) atoms. The molecule has 5 heteroatoms. The Morgan fingerprint density at radius 1 is 1.17 bits per heavy atom. The first-order valence-corrected chi connectivity index (χ1v) is 12.0. The zero-order chi connectivity index (χ0) is 18.1. The van der Waals surface area contributed by atoms with E-state index in [1.807, 2.05) is 12.1 Å². The van der Waals surface area contributed by atoms with E-state index in [-0.39, 0.29) is 5.04 Å². The van der Waals surface area contributed by atoms with Crippen molar-refractivity contribution in [3.63, 3.8) is 0 Å². The first kappa shape index (κ1) is 19.0. The van der Waals surface area contributed by atoms with Gasteiger partial charge in [0.15, 0.2) is 0 Å². The zero-order valence-electron chi connectivity index (χ0n) is 15.4. The maximum atomic E-state index is 6.35. The smallest absolute Gasteiger partial charge is 0.250 e. The summed E-state index contributed by atoms with van der Waals surface area (Å²) in [6, 6.07) is 8.22. The van der Waals surface area contributed by atoms with Gasteiger partial charge >= 0.3 is 0 Å². The van der Waals surface area contributed by atoms with Crippen molar-refractivity contribution in [3.05, 3.63) is 40.5 Å². The van der Waals surface area contributed by atoms with Gasteiger partial charge in [-0.15, -0.1) is 0 Å². The quantitative estimate of drug-likeness (QED) is 0.629. The highest BCUT2D eigenvalue weighted by Crippen LogP contribution is 2.38. The molecule has 0 aliphatic heterocycles. The number of pyridine rings is 1. The summed E-state index contributed by atoms with van der Waals surface area (Å²) in [5.41, 5.74) is 9.39. The molecule has 1 heterocycles. The van der Waals surface area contributed by atoms with Crippen molar-refractivity contribution in [2.45, 2.75) is 52.2 Å². The lowest BCUT2D eigenvalue weighted by atomic mass is 9.99. The largest absolute Gasteiger partial charge is 0.544 e. The minimum Gasteiger partial charge on any atom is -0.544 e. The number of rotatable bonds is 4. The van der Waals surface area contributed by atoms with E-state index in [0.29, 0.717) is 5.82 Å². The molecule has 0 fully saturated rings. The van der Waals surface area contributed by atoms with E-state index >= 15 is 0 Å². The zero-order valence-corrected chi connectivity index (χ0v) is 18.0. The molecule has 0 saturated carbocycles. The number of hydrogen-bond donors (Lipinski definition) is 1. The predicted octanol–water partition coefficient (Wildman–Crippen LogP) is 6.04. The molecular formula is C19H27BrN2OSi. The Balaban J connectivity index is 2.36. The van der Waals surface area contributed by atoms with Crippen molar-refractivity contribution < 1.29 is 4.43 Å². The summed E-state index contributed by atoms with van der Waals surface area (Å²) in [5.74, 6) is 1.48. The number of aromatic nitrogens is 1. The number of hydrogen-bond acceptors (Lipinski definition) is 3. The maximum absolute atomic E-state index is 6.35. The van der Waals surface area contributed by atoms with Crippen molar-refractivity contribution >= 4 is 30.1 Å². The van der Waals surface area contributed by atoms with Crippen LogP contribution in [0.15, 0.2) is 34.9 Å². The summed E-state index contributed by atoms with van der Waals surface area (Å²) in [5, 5.41) is 0.180. The second kappa shape index (κ2) is 6.88. The summed E-state index contributed by atoms with van der Waals surface area (Å²) in [6.45, 7) is 13.4. The highest BCUT2D eigenvalue weighted by molar-refractivity contribution is 9.10. The van der Waals surface area contributed by atoms with Crippen LogP contribution in [0.4, 0.5) is 5.82 Å². The molecule has 3 nitrogen and oxygen atoms in total. The van der Waals surface area contributed by atoms with Crippen LogP contribution in [0.2, 0.25) is 18.1 Å². The molecule has 0 aliphatic carbocycles. The second-order valence-electron chi connectivity index (χ2n) is 7.59. The minimum absolute atomic E-state index is 0.180. The van der Waals surface area contributed by atoms with Crippen LogP contribution < -0.4 is 10.2 Å². The predicted molar refractivity (Wildman–Crippen MR) is 109 cm³/mol. The Morgan fingerprint density at radius 3 is 2.25 bits per heavy atom. The lowest BCUT2D eigenvalue weighted by Gasteiger charge is -2.36. The normalized spacial score (nSPS) is 12.3. The van der Waals surface area contributed by atoms with Gasteiger partial charge in [-0.2, -0.15) is 0 Å². The number of nitrogen functional groups attached to an aromatic ring is 1. The van der Waals surface area contributed by atoms with Gasteiger partial charge in [0.05, 0.1) is 0 Å². The number of nitrogens with zero attached hydrogens (tertiary/aromatic N) is 1. The number of anilines is 1. The highest BCUT2D eigenvalue weighted by atomic mass is 79.9. The Kier molecular flexibility index (Phi) is 5.45. The summed E-state index contributed by atoms with van der Waals surface area (Å²) in [6.07, 6.45) is 2.66. The molecule has 0 amide bonds. The molecule has 0 bridgehead atoms. The lowest BCUT2D eigenvalue weighted by Crippen LogP contribution is -2.43. The van der Waals surface area contributed by atoms with Crippen LogP contribution in [0.1, 0.15) is 33.3 Å². The fourth-order valence-corrected chi connectivity index (χ4v) is 3.96. The van der Waals surface area contributed by atoms with Gasteiger partial charge in [-0.1, -0.05) is 39.8 Å². The fraction of sp³-hybridized carbons (Fsp3) is 0.421. The topological polar surface area (TPSA) is 48.1 Å². The molecule has 0 atom stereocenters. The van der Waals surface area contributed by atoms with E-state index in [2.05, 4.69) is 73.8 Å². The number of nitrogens with two attached hydrogens (primary N) is 1. The third-order valence-corrected chi connectivity index (χ3v) is 9.88. The lowest BCUT2D eigenvalue weighted by molar-refractivity contribution is 0.492. The van der Waals surface area contributed by atoms with Crippen LogP contribution in [0.5, 0.6) is 5.75 Å². The van der Waals surface area contributed by atoms with Crippen LogP contribution in [-0.4, -0.2) is 13.3 Å². The van der Waals surface area contributed by atoms with Gasteiger partial charge < -0.3 is 10.2 Å². The van der Waals surface area contributed by atoms with E-state index < -0.39 is 8.32 Å². The minimum atomic E-state index is -1.82. The molecule has 2 aromatic rings. The van der Waals surface area contributed by atoms with Crippen LogP contribution >= 0.6 is 15.9 Å². The monoisotopic (exact) mass is 406 g/mol. The van der Waals surface area contributed by atoms with E-state index in [0.717, 1.165) is 27.8 Å². The average Bonchev–Trinajstić information content (AvgIpc) is 2.49. The van der Waals surface area contributed by atoms with Gasteiger partial charge in [0.2, 0.25) is 8.32 Å². The standard InChI is InChI=1S/C19H27BrN2OSi/c1-7-15-16(20)12-22-18(21)17(15)13-8-10-14(11-9-13)23-24(5,6)19(2,3)4/h8-12H,7H2,1-6H3,(H2,21,22). The summed E-state index contributed by atoms with van der Waals surface area (Å²) < 4.78 is 7.35. The summed E-state index contributed by atoms with van der Waals surface area (Å²) in [7, 11) is -1.82. The first-order valence-electron chi connectivity index (χ1n) is 8.29. The van der Waals surface area contributed by atoms with E-state index in [4.69, 9.17) is 10.2 Å². The molecule has 2 N–H and O–H groups in total. The molecule has 0 unspecified atom stereocenters. The molecular weight excluding hydrogens is 380 g/mol. The van der Waals surface area contributed by atoms with E-state index in [1.165, 1.54) is 5.56 Å². The Hall–Kier alpha value is -1.33. The van der Waals surface area contributed by atoms with Gasteiger partial charge in [-0.05, 0) is 63.7 Å². The van der Waals surface area contributed by atoms with Crippen LogP contribution in [0.25, 0.3) is 11.1 Å². The SMILES string of the molecule is CCc1c(Br)cnc(N)c1-c1ccc(O[Si](C)(C)C(C)(C)C)cc1. The summed E-state index contributed by atoms with van der Waals surface area (Å²) in [4.78, 5) is 4.28. The molecule has 2 rings (SSSR count). The van der Waals surface area contributed by atoms with Gasteiger partial charge in [-0.25, -0.2) is 4.98 Å². The Bertz CT molecular complexity index is 721. The number of benzene rings is 1. The van der Waals surface area contributed by atoms with E-state index in [1.54, 1.807) is 6.20 Å². The summed E-state index contributed by atoms with van der Waals surface area (Å²) >= 11 is 3.58. The van der Waals surface area contributed by atoms with Crippen molar-refractivity contribution in [3.8, 4) is 16.9 Å². The van der Waals surface area contributed by atoms with Crippen molar-refractivity contribution in [1.29, 1.82) is 0 Å². The molecule has 130 valence electrons. The van der Waals surface area contributed by atoms with Crippen molar-refractivity contribution in [2.24, 2.45) is 0 Å². The van der Waals surface area contributed by atoms with Gasteiger partial charge in [0.1, 0.15) is 11.6 Å². The van der Waals surface area contributed by atoms with Gasteiger partial charge in [-0.3, -0.25) is 0 Å². The average molecular weight is 407 g/mol. The molecule has 0 aliphatic rings. The fourth-order valence-electron chi connectivity index (χ4n) is 2.35. The van der Waals surface area contributed by atoms with Gasteiger partial charge in [0.25, 0.3) is 0 Å². The number of halogens is 1. The first-order chi connectivity index (χ1) is 11.1. The third kappa shape index (κ3) is 3.83. The second-order valence-corrected chi connectivity index (χ2v) is 13.2. The molecule has 0 saturated heterocycles. The molecule has 1 aromatic heterocycles. The molecule has 0 radical (unpaired) electrons. The van der Waals surface area contributed by atoms with Crippen molar-refractivity contribution in [2.75, 3.05) is 5.73 Å². The Morgan fingerprint density at radius 2 is 1.75 bits per heavy atom. The van der Waals surface area contributed by atoms with Crippen LogP contribution in [-0.2, 0) is 6.42 Å². The Labute approximate surface area is 154 Å². The third-order valence-electron chi connectivity index (χ3n) is 4.84. The highest BCUT2D eigenvalue weighted by Gasteiger charge is 2.38. The maximum Gasteiger partial charge on any atom is 0.250 e.